The number of hydrogen-bond acceptors (Lipinski definition) is 6. The number of unbranched alkanes of at least 4 members (excludes halogenated alkanes) is 1. The summed E-state index contributed by atoms with van der Waals surface area (Å²) in [6.45, 7) is 12.1. The second-order valence-electron chi connectivity index (χ2n) is 13.5. The number of allylic oxidation sites excluding steroid dienone is 1. The molecule has 1 atom stereocenters. The number of H-pyrrole nitrogens is 1. The van der Waals surface area contributed by atoms with Crippen molar-refractivity contribution in [2.45, 2.75) is 67.2 Å². The quantitative estimate of drug-likeness (QED) is 0.126. The highest BCUT2D eigenvalue weighted by Gasteiger charge is 2.30. The van der Waals surface area contributed by atoms with Crippen molar-refractivity contribution in [1.82, 2.24) is 15.3 Å². The van der Waals surface area contributed by atoms with Crippen LogP contribution in [0.4, 0.5) is 5.82 Å². The number of rotatable bonds is 11. The van der Waals surface area contributed by atoms with Gasteiger partial charge in [-0.25, -0.2) is 9.98 Å². The Morgan fingerprint density at radius 3 is 2.40 bits per heavy atom. The molecule has 1 aliphatic rings. The lowest BCUT2D eigenvalue weighted by molar-refractivity contribution is -0.120. The second-order valence-corrected chi connectivity index (χ2v) is 14.5. The Hall–Kier alpha value is -5.59. The first kappa shape index (κ1) is 36.2. The van der Waals surface area contributed by atoms with Gasteiger partial charge in [-0.15, -0.1) is 11.3 Å². The number of anilines is 1. The zero-order valence-corrected chi connectivity index (χ0v) is 31.4. The third-order valence-corrected chi connectivity index (χ3v) is 10.7. The zero-order valence-electron chi connectivity index (χ0n) is 30.6. The van der Waals surface area contributed by atoms with E-state index in [1.807, 2.05) is 94.4 Å². The van der Waals surface area contributed by atoms with E-state index in [4.69, 9.17) is 9.98 Å². The average Bonchev–Trinajstić information content (AvgIpc) is 3.82. The van der Waals surface area contributed by atoms with Crippen LogP contribution in [0.1, 0.15) is 80.6 Å². The van der Waals surface area contributed by atoms with Crippen molar-refractivity contribution in [2.24, 2.45) is 16.8 Å². The summed E-state index contributed by atoms with van der Waals surface area (Å²) in [5.41, 5.74) is 8.18. The molecule has 0 fully saturated rings. The van der Waals surface area contributed by atoms with E-state index in [9.17, 15) is 14.9 Å². The largest absolute Gasteiger partial charge is 0.341 e. The Morgan fingerprint density at radius 2 is 1.71 bits per heavy atom. The van der Waals surface area contributed by atoms with Crippen molar-refractivity contribution >= 4 is 51.1 Å². The van der Waals surface area contributed by atoms with Crippen LogP contribution in [-0.2, 0) is 4.79 Å². The van der Waals surface area contributed by atoms with Gasteiger partial charge < -0.3 is 15.6 Å². The number of carbonyl (C=O) groups excluding carboxylic acids is 2. The number of benzene rings is 3. The summed E-state index contributed by atoms with van der Waals surface area (Å²) >= 11 is 1.57. The number of para-hydroxylation sites is 1. The highest BCUT2D eigenvalue weighted by Crippen LogP contribution is 2.45. The molecule has 0 aliphatic carbocycles. The molecule has 3 heterocycles. The van der Waals surface area contributed by atoms with Crippen LogP contribution in [-0.4, -0.2) is 27.6 Å². The van der Waals surface area contributed by atoms with Gasteiger partial charge in [0.1, 0.15) is 22.5 Å². The molecule has 0 bridgehead atoms. The summed E-state index contributed by atoms with van der Waals surface area (Å²) in [4.78, 5) is 40.9. The number of aromatic amines is 1. The van der Waals surface area contributed by atoms with Gasteiger partial charge in [0.25, 0.3) is 5.91 Å². The van der Waals surface area contributed by atoms with Gasteiger partial charge in [-0.05, 0) is 73.6 Å². The first-order valence-electron chi connectivity index (χ1n) is 18.0. The van der Waals surface area contributed by atoms with E-state index in [1.54, 1.807) is 17.4 Å². The zero-order chi connectivity index (χ0) is 36.9. The van der Waals surface area contributed by atoms with E-state index in [-0.39, 0.29) is 29.5 Å². The molecule has 52 heavy (non-hydrogen) atoms. The standard InChI is InChI=1S/C43H44N6O2S/c1-7-9-17-28(8-2)41(50)49-40-38(43-47-32-21-13-14-22-35(32)52-43)37(29-18-11-10-12-19-29)34(46-40)23-33-36(25(3)4)31(24-44)39(45-33)48-42(51)30-20-15-16-26(5)27(30)6/h10-16,18-23,25,28,46H,7-9,17H2,1-6H3,(H,49,50)(H,45,48,51). The molecule has 1 unspecified atom stereocenters. The Balaban J connectivity index is 1.55. The molecule has 2 aromatic heterocycles. The molecule has 2 amide bonds. The van der Waals surface area contributed by atoms with Crippen LogP contribution < -0.4 is 10.6 Å². The van der Waals surface area contributed by atoms with Crippen LogP contribution in [0.2, 0.25) is 0 Å². The molecule has 1 aliphatic heterocycles. The number of aromatic nitrogens is 2. The molecule has 0 saturated carbocycles. The fraction of sp³-hybridized carbons (Fsp3) is 0.279. The van der Waals surface area contributed by atoms with Gasteiger partial charge in [0.05, 0.1) is 27.2 Å². The number of carbonyl (C=O) groups is 2. The van der Waals surface area contributed by atoms with Crippen LogP contribution in [0, 0.1) is 37.0 Å². The van der Waals surface area contributed by atoms with E-state index in [0.717, 1.165) is 74.3 Å². The number of amides is 2. The van der Waals surface area contributed by atoms with Gasteiger partial charge >= 0.3 is 0 Å². The van der Waals surface area contributed by atoms with E-state index >= 15 is 0 Å². The smallest absolute Gasteiger partial charge is 0.257 e. The predicted molar refractivity (Wildman–Crippen MR) is 213 cm³/mol. The molecular formula is C43H44N6O2S. The first-order valence-corrected chi connectivity index (χ1v) is 18.8. The lowest BCUT2D eigenvalue weighted by Crippen LogP contribution is -2.31. The van der Waals surface area contributed by atoms with Crippen molar-refractivity contribution in [3.05, 3.63) is 112 Å². The number of nitrogens with one attached hydrogen (secondary N) is 3. The number of hydrogen-bond donors (Lipinski definition) is 3. The third kappa shape index (κ3) is 7.25. The molecule has 0 spiro atoms. The lowest BCUT2D eigenvalue weighted by Gasteiger charge is -2.15. The minimum absolute atomic E-state index is 0.0387. The fourth-order valence-electron chi connectivity index (χ4n) is 6.71. The maximum absolute atomic E-state index is 13.9. The number of fused-ring (bicyclic) bond motifs is 1. The third-order valence-electron chi connectivity index (χ3n) is 9.68. The summed E-state index contributed by atoms with van der Waals surface area (Å²) in [5, 5.41) is 17.4. The molecule has 9 heteroatoms. The Labute approximate surface area is 309 Å². The average molecular weight is 709 g/mol. The lowest BCUT2D eigenvalue weighted by atomic mass is 9.94. The van der Waals surface area contributed by atoms with Crippen LogP contribution in [0.5, 0.6) is 0 Å². The molecule has 8 nitrogen and oxygen atoms in total. The molecular weight excluding hydrogens is 665 g/mol. The molecule has 5 aromatic rings. The van der Waals surface area contributed by atoms with Crippen LogP contribution >= 0.6 is 11.3 Å². The van der Waals surface area contributed by atoms with Crippen molar-refractivity contribution in [3.8, 4) is 27.8 Å². The summed E-state index contributed by atoms with van der Waals surface area (Å²) < 4.78 is 1.04. The highest BCUT2D eigenvalue weighted by atomic mass is 32.1. The van der Waals surface area contributed by atoms with Crippen LogP contribution in [0.25, 0.3) is 38.0 Å². The highest BCUT2D eigenvalue weighted by molar-refractivity contribution is 7.21. The van der Waals surface area contributed by atoms with Gasteiger partial charge in [0.15, 0.2) is 5.84 Å². The first-order chi connectivity index (χ1) is 25.1. The van der Waals surface area contributed by atoms with Crippen molar-refractivity contribution in [1.29, 1.82) is 5.26 Å². The molecule has 264 valence electrons. The van der Waals surface area contributed by atoms with Gasteiger partial charge in [-0.3, -0.25) is 9.59 Å². The molecule has 0 radical (unpaired) electrons. The minimum Gasteiger partial charge on any atom is -0.341 e. The second kappa shape index (κ2) is 15.7. The summed E-state index contributed by atoms with van der Waals surface area (Å²) in [6.07, 6.45) is 5.45. The molecule has 3 aromatic carbocycles. The molecule has 6 rings (SSSR count). The maximum Gasteiger partial charge on any atom is 0.257 e. The Morgan fingerprint density at radius 1 is 0.962 bits per heavy atom. The molecule has 3 N–H and O–H groups in total. The topological polar surface area (TPSA) is 123 Å². The Bertz CT molecular complexity index is 2250. The number of aliphatic imine (C=N–C) groups is 1. The summed E-state index contributed by atoms with van der Waals surface area (Å²) in [6, 6.07) is 26.0. The van der Waals surface area contributed by atoms with Crippen molar-refractivity contribution in [3.63, 3.8) is 0 Å². The fourth-order valence-corrected chi connectivity index (χ4v) is 7.74. The monoisotopic (exact) mass is 708 g/mol. The van der Waals surface area contributed by atoms with Crippen molar-refractivity contribution in [2.75, 3.05) is 5.32 Å². The summed E-state index contributed by atoms with van der Waals surface area (Å²) in [7, 11) is 0. The van der Waals surface area contributed by atoms with Gasteiger partial charge in [-0.2, -0.15) is 5.26 Å². The van der Waals surface area contributed by atoms with Gasteiger partial charge in [0, 0.05) is 22.6 Å². The predicted octanol–water partition coefficient (Wildman–Crippen LogP) is 10.4. The van der Waals surface area contributed by atoms with E-state index in [2.05, 4.69) is 41.6 Å². The van der Waals surface area contributed by atoms with Crippen LogP contribution in [0.15, 0.2) is 94.6 Å². The number of nitrogens with zero attached hydrogens (tertiary/aromatic N) is 3. The summed E-state index contributed by atoms with van der Waals surface area (Å²) in [5.74, 6) is 0.205. The minimum atomic E-state index is -0.321. The van der Waals surface area contributed by atoms with Crippen LogP contribution in [0.3, 0.4) is 0 Å². The van der Waals surface area contributed by atoms with E-state index in [0.29, 0.717) is 28.3 Å². The van der Waals surface area contributed by atoms with E-state index in [1.165, 1.54) is 0 Å². The SMILES string of the molecule is CCCCC(CC)C(=O)Nc1[nH]c(C=C2N=C(NC(=O)c3cccc(C)c3C)C(C#N)=C2C(C)C)c(-c2ccccc2)c1-c1nc2ccccc2s1. The number of aryl methyl sites for hydroxylation is 1. The Kier molecular flexibility index (Phi) is 11.0. The maximum atomic E-state index is 13.9. The van der Waals surface area contributed by atoms with E-state index < -0.39 is 0 Å². The van der Waals surface area contributed by atoms with Crippen molar-refractivity contribution < 1.29 is 9.59 Å². The molecule has 0 saturated heterocycles. The normalized spacial score (nSPS) is 14.2. The van der Waals surface area contributed by atoms with Gasteiger partial charge in [-0.1, -0.05) is 95.1 Å². The number of thiazole rings is 1. The van der Waals surface area contributed by atoms with Gasteiger partial charge in [0.2, 0.25) is 5.91 Å². The number of nitriles is 1. The number of amidine groups is 1.